The van der Waals surface area contributed by atoms with Crippen molar-refractivity contribution < 1.29 is 12.8 Å². The van der Waals surface area contributed by atoms with E-state index in [1.807, 2.05) is 6.92 Å². The average molecular weight is 397 g/mol. The quantitative estimate of drug-likeness (QED) is 0.679. The van der Waals surface area contributed by atoms with Gasteiger partial charge in [0, 0.05) is 0 Å². The second kappa shape index (κ2) is 5.82. The third kappa shape index (κ3) is 2.89. The van der Waals surface area contributed by atoms with E-state index >= 15 is 0 Å². The van der Waals surface area contributed by atoms with Crippen LogP contribution in [0.25, 0.3) is 5.69 Å². The van der Waals surface area contributed by atoms with Gasteiger partial charge in [0.1, 0.15) is 5.82 Å². The maximum Gasteiger partial charge on any atom is 0.277 e. The molecule has 0 unspecified atom stereocenters. The molecule has 3 aromatic rings. The van der Waals surface area contributed by atoms with E-state index < -0.39 is 15.7 Å². The summed E-state index contributed by atoms with van der Waals surface area (Å²) in [5.41, 5.74) is 1.26. The lowest BCUT2D eigenvalue weighted by Gasteiger charge is -2.07. The summed E-state index contributed by atoms with van der Waals surface area (Å²) in [4.78, 5) is 0.0836. The predicted molar refractivity (Wildman–Crippen MR) is 83.4 cm³/mol. The summed E-state index contributed by atoms with van der Waals surface area (Å²) in [5.74, 6) is -0.468. The number of benzene rings is 2. The van der Waals surface area contributed by atoms with Gasteiger partial charge in [-0.2, -0.15) is 4.68 Å². The Morgan fingerprint density at radius 1 is 1.13 bits per heavy atom. The molecule has 0 aliphatic rings. The van der Waals surface area contributed by atoms with Gasteiger partial charge < -0.3 is 0 Å². The summed E-state index contributed by atoms with van der Waals surface area (Å²) in [7, 11) is -3.90. The number of hydrogen-bond acceptors (Lipinski definition) is 5. The molecule has 9 heteroatoms. The SMILES string of the molecule is Cc1ccc(S(=O)(=O)c2nnnn2-c2ccc(F)c(Br)c2)cc1. The van der Waals surface area contributed by atoms with Gasteiger partial charge in [-0.05, 0) is 63.6 Å². The third-order valence-corrected chi connectivity index (χ3v) is 5.40. The second-order valence-corrected chi connectivity index (χ2v) is 7.49. The minimum atomic E-state index is -3.90. The molecule has 23 heavy (non-hydrogen) atoms. The minimum absolute atomic E-state index is 0.0836. The largest absolute Gasteiger partial charge is 0.277 e. The Morgan fingerprint density at radius 3 is 2.48 bits per heavy atom. The molecule has 0 aliphatic carbocycles. The van der Waals surface area contributed by atoms with Gasteiger partial charge in [0.05, 0.1) is 15.1 Å². The van der Waals surface area contributed by atoms with E-state index in [1.54, 1.807) is 12.1 Å². The summed E-state index contributed by atoms with van der Waals surface area (Å²) >= 11 is 3.05. The molecule has 6 nitrogen and oxygen atoms in total. The highest BCUT2D eigenvalue weighted by Crippen LogP contribution is 2.23. The van der Waals surface area contributed by atoms with Crippen molar-refractivity contribution in [3.63, 3.8) is 0 Å². The van der Waals surface area contributed by atoms with Gasteiger partial charge in [-0.25, -0.2) is 12.8 Å². The molecular formula is C14H10BrFN4O2S. The number of hydrogen-bond donors (Lipinski definition) is 0. The van der Waals surface area contributed by atoms with Gasteiger partial charge in [0.15, 0.2) is 0 Å². The van der Waals surface area contributed by atoms with Crippen molar-refractivity contribution in [2.24, 2.45) is 0 Å². The van der Waals surface area contributed by atoms with Crippen LogP contribution in [0.2, 0.25) is 0 Å². The highest BCUT2D eigenvalue weighted by molar-refractivity contribution is 9.10. The Balaban J connectivity index is 2.13. The van der Waals surface area contributed by atoms with Crippen molar-refractivity contribution in [2.75, 3.05) is 0 Å². The van der Waals surface area contributed by atoms with Crippen molar-refractivity contribution >= 4 is 25.8 Å². The van der Waals surface area contributed by atoms with Gasteiger partial charge in [0.2, 0.25) is 9.84 Å². The van der Waals surface area contributed by atoms with Crippen LogP contribution >= 0.6 is 15.9 Å². The van der Waals surface area contributed by atoms with Gasteiger partial charge in [0.25, 0.3) is 5.16 Å². The third-order valence-electron chi connectivity index (χ3n) is 3.16. The van der Waals surface area contributed by atoms with Crippen LogP contribution in [0.15, 0.2) is 57.0 Å². The zero-order valence-corrected chi connectivity index (χ0v) is 14.2. The number of aromatic nitrogens is 4. The fourth-order valence-corrected chi connectivity index (χ4v) is 3.53. The van der Waals surface area contributed by atoms with E-state index in [-0.39, 0.29) is 14.5 Å². The maximum atomic E-state index is 13.4. The van der Waals surface area contributed by atoms with Gasteiger partial charge in [-0.3, -0.25) is 0 Å². The summed E-state index contributed by atoms with van der Waals surface area (Å²) in [6.07, 6.45) is 0. The summed E-state index contributed by atoms with van der Waals surface area (Å²) < 4.78 is 40.0. The molecular weight excluding hydrogens is 387 g/mol. The maximum absolute atomic E-state index is 13.4. The lowest BCUT2D eigenvalue weighted by atomic mass is 10.2. The Bertz CT molecular complexity index is 971. The van der Waals surface area contributed by atoms with Gasteiger partial charge in [-0.1, -0.05) is 22.8 Å². The average Bonchev–Trinajstić information content (AvgIpc) is 3.01. The number of nitrogens with zero attached hydrogens (tertiary/aromatic N) is 4. The Labute approximate surface area is 140 Å². The van der Waals surface area contributed by atoms with E-state index in [0.717, 1.165) is 10.2 Å². The molecule has 1 heterocycles. The molecule has 118 valence electrons. The molecule has 3 rings (SSSR count). The molecule has 0 N–H and O–H groups in total. The van der Waals surface area contributed by atoms with E-state index in [0.29, 0.717) is 5.69 Å². The molecule has 0 aliphatic heterocycles. The molecule has 1 aromatic heterocycles. The Kier molecular flexibility index (Phi) is 3.99. The Morgan fingerprint density at radius 2 is 1.83 bits per heavy atom. The molecule has 0 saturated heterocycles. The fourth-order valence-electron chi connectivity index (χ4n) is 1.95. The number of aryl methyl sites for hydroxylation is 1. The van der Waals surface area contributed by atoms with Crippen molar-refractivity contribution in [1.82, 2.24) is 20.2 Å². The normalized spacial score (nSPS) is 11.6. The highest BCUT2D eigenvalue weighted by Gasteiger charge is 2.26. The topological polar surface area (TPSA) is 77.7 Å². The van der Waals surface area contributed by atoms with E-state index in [2.05, 4.69) is 31.5 Å². The zero-order valence-electron chi connectivity index (χ0n) is 11.8. The summed E-state index contributed by atoms with van der Waals surface area (Å²) in [5, 5.41) is 10.4. The van der Waals surface area contributed by atoms with Crippen LogP contribution in [0.4, 0.5) is 4.39 Å². The first-order valence-corrected chi connectivity index (χ1v) is 8.73. The number of halogens is 2. The highest BCUT2D eigenvalue weighted by atomic mass is 79.9. The van der Waals surface area contributed by atoms with Crippen LogP contribution in [-0.2, 0) is 9.84 Å². The Hall–Kier alpha value is -2.13. The molecule has 0 amide bonds. The van der Waals surface area contributed by atoms with Crippen molar-refractivity contribution in [2.45, 2.75) is 17.0 Å². The van der Waals surface area contributed by atoms with E-state index in [9.17, 15) is 12.8 Å². The molecule has 0 spiro atoms. The van der Waals surface area contributed by atoms with Crippen molar-refractivity contribution in [3.8, 4) is 5.69 Å². The van der Waals surface area contributed by atoms with Gasteiger partial charge in [-0.15, -0.1) is 0 Å². The van der Waals surface area contributed by atoms with E-state index in [1.165, 1.54) is 30.3 Å². The predicted octanol–water partition coefficient (Wildman–Crippen LogP) is 2.71. The molecule has 2 aromatic carbocycles. The lowest BCUT2D eigenvalue weighted by Crippen LogP contribution is -2.11. The van der Waals surface area contributed by atoms with Crippen LogP contribution < -0.4 is 0 Å². The second-order valence-electron chi connectivity index (χ2n) is 4.79. The van der Waals surface area contributed by atoms with Crippen LogP contribution in [0, 0.1) is 12.7 Å². The monoisotopic (exact) mass is 396 g/mol. The van der Waals surface area contributed by atoms with Crippen LogP contribution in [-0.4, -0.2) is 28.6 Å². The van der Waals surface area contributed by atoms with Crippen LogP contribution in [0.5, 0.6) is 0 Å². The first kappa shape index (κ1) is 15.8. The summed E-state index contributed by atoms with van der Waals surface area (Å²) in [6.45, 7) is 1.86. The molecule has 0 radical (unpaired) electrons. The van der Waals surface area contributed by atoms with Crippen LogP contribution in [0.1, 0.15) is 5.56 Å². The summed E-state index contributed by atoms with van der Waals surface area (Å²) in [6, 6.07) is 10.4. The first-order chi connectivity index (χ1) is 10.9. The molecule has 0 atom stereocenters. The van der Waals surface area contributed by atoms with E-state index in [4.69, 9.17) is 0 Å². The fraction of sp³-hybridized carbons (Fsp3) is 0.0714. The first-order valence-electron chi connectivity index (χ1n) is 6.45. The number of rotatable bonds is 3. The lowest BCUT2D eigenvalue weighted by molar-refractivity contribution is 0.580. The van der Waals surface area contributed by atoms with Gasteiger partial charge >= 0.3 is 0 Å². The standard InChI is InChI=1S/C14H10BrFN4O2S/c1-9-2-5-11(6-3-9)23(21,22)14-17-18-19-20(14)10-4-7-13(16)12(15)8-10/h2-8H,1H3. The molecule has 0 fully saturated rings. The van der Waals surface area contributed by atoms with Crippen LogP contribution in [0.3, 0.4) is 0 Å². The van der Waals surface area contributed by atoms with Crippen molar-refractivity contribution in [3.05, 3.63) is 58.3 Å². The zero-order chi connectivity index (χ0) is 16.6. The molecule has 0 bridgehead atoms. The smallest absolute Gasteiger partial charge is 0.215 e. The number of tetrazole rings is 1. The molecule has 0 saturated carbocycles. The van der Waals surface area contributed by atoms with Crippen molar-refractivity contribution in [1.29, 1.82) is 0 Å². The number of sulfone groups is 1. The minimum Gasteiger partial charge on any atom is -0.215 e.